The fourth-order valence-corrected chi connectivity index (χ4v) is 3.17. The normalized spacial score (nSPS) is 15.0. The maximum atomic E-state index is 12.0. The lowest BCUT2D eigenvalue weighted by atomic mass is 10.1. The lowest BCUT2D eigenvalue weighted by molar-refractivity contribution is -0.129. The van der Waals surface area contributed by atoms with E-state index in [1.807, 2.05) is 29.2 Å². The Bertz CT molecular complexity index is 475. The third-order valence-electron chi connectivity index (χ3n) is 3.33. The Hall–Kier alpha value is -1.47. The van der Waals surface area contributed by atoms with Gasteiger partial charge in [0.05, 0.1) is 17.4 Å². The largest absolute Gasteiger partial charge is 0.342 e. The second-order valence-electron chi connectivity index (χ2n) is 4.70. The summed E-state index contributed by atoms with van der Waals surface area (Å²) in [6, 6.07) is 9.77. The Morgan fingerprint density at radius 1 is 1.26 bits per heavy atom. The molecule has 3 nitrogen and oxygen atoms in total. The molecule has 100 valence electrons. The molecule has 1 aliphatic heterocycles. The summed E-state index contributed by atoms with van der Waals surface area (Å²) < 4.78 is 0. The van der Waals surface area contributed by atoms with Gasteiger partial charge in [0.15, 0.2) is 0 Å². The van der Waals surface area contributed by atoms with Crippen molar-refractivity contribution in [2.24, 2.45) is 0 Å². The van der Waals surface area contributed by atoms with E-state index in [-0.39, 0.29) is 5.91 Å². The van der Waals surface area contributed by atoms with Crippen molar-refractivity contribution in [3.05, 3.63) is 35.4 Å². The van der Waals surface area contributed by atoms with E-state index in [1.54, 1.807) is 11.8 Å². The van der Waals surface area contributed by atoms with E-state index in [2.05, 4.69) is 6.07 Å². The predicted octanol–water partition coefficient (Wildman–Crippen LogP) is 2.80. The van der Waals surface area contributed by atoms with E-state index in [4.69, 9.17) is 5.26 Å². The van der Waals surface area contributed by atoms with Crippen LogP contribution in [0.1, 0.15) is 30.4 Å². The number of rotatable bonds is 4. The molecule has 1 fully saturated rings. The van der Waals surface area contributed by atoms with Crippen molar-refractivity contribution >= 4 is 17.7 Å². The third-order valence-corrected chi connectivity index (χ3v) is 4.30. The van der Waals surface area contributed by atoms with Gasteiger partial charge in [0.1, 0.15) is 0 Å². The van der Waals surface area contributed by atoms with Gasteiger partial charge in [0.2, 0.25) is 5.91 Å². The predicted molar refractivity (Wildman–Crippen MR) is 77.8 cm³/mol. The number of hydrogen-bond donors (Lipinski definition) is 0. The van der Waals surface area contributed by atoms with Gasteiger partial charge in [0.25, 0.3) is 0 Å². The highest BCUT2D eigenvalue weighted by molar-refractivity contribution is 7.99. The van der Waals surface area contributed by atoms with Crippen LogP contribution in [0.4, 0.5) is 0 Å². The van der Waals surface area contributed by atoms with Crippen LogP contribution in [0.25, 0.3) is 0 Å². The number of benzene rings is 1. The Morgan fingerprint density at radius 3 is 2.74 bits per heavy atom. The topological polar surface area (TPSA) is 44.1 Å². The highest BCUT2D eigenvalue weighted by Crippen LogP contribution is 2.17. The van der Waals surface area contributed by atoms with Gasteiger partial charge >= 0.3 is 0 Å². The molecule has 0 aliphatic carbocycles. The summed E-state index contributed by atoms with van der Waals surface area (Å²) in [5, 5.41) is 9.00. The lowest BCUT2D eigenvalue weighted by Crippen LogP contribution is -2.36. The van der Waals surface area contributed by atoms with Gasteiger partial charge in [-0.05, 0) is 30.9 Å². The van der Waals surface area contributed by atoms with E-state index in [9.17, 15) is 4.79 Å². The highest BCUT2D eigenvalue weighted by Gasteiger charge is 2.16. The molecular formula is C15H18N2OS. The molecule has 19 heavy (non-hydrogen) atoms. The molecule has 0 N–H and O–H groups in total. The van der Waals surface area contributed by atoms with E-state index in [0.29, 0.717) is 11.3 Å². The Balaban J connectivity index is 1.80. The maximum Gasteiger partial charge on any atom is 0.232 e. The quantitative estimate of drug-likeness (QED) is 0.848. The molecule has 2 rings (SSSR count). The minimum atomic E-state index is 0.235. The van der Waals surface area contributed by atoms with Gasteiger partial charge in [0, 0.05) is 18.8 Å². The van der Waals surface area contributed by atoms with Crippen molar-refractivity contribution in [1.29, 1.82) is 5.26 Å². The van der Waals surface area contributed by atoms with Gasteiger partial charge in [-0.3, -0.25) is 4.79 Å². The first-order valence-electron chi connectivity index (χ1n) is 6.65. The smallest absolute Gasteiger partial charge is 0.232 e. The first-order valence-corrected chi connectivity index (χ1v) is 7.80. The zero-order valence-corrected chi connectivity index (χ0v) is 11.8. The van der Waals surface area contributed by atoms with Crippen LogP contribution in [0.2, 0.25) is 0 Å². The second-order valence-corrected chi connectivity index (χ2v) is 5.69. The van der Waals surface area contributed by atoms with Crippen molar-refractivity contribution in [3.8, 4) is 6.07 Å². The number of thioether (sulfide) groups is 1. The summed E-state index contributed by atoms with van der Waals surface area (Å²) in [4.78, 5) is 13.9. The number of amides is 1. The maximum absolute atomic E-state index is 12.0. The van der Waals surface area contributed by atoms with Gasteiger partial charge in [-0.2, -0.15) is 5.26 Å². The van der Waals surface area contributed by atoms with Gasteiger partial charge < -0.3 is 4.90 Å². The SMILES string of the molecule is N#Cc1ccccc1CSCC(=O)N1CCCCC1. The number of hydrogen-bond acceptors (Lipinski definition) is 3. The molecule has 0 aromatic heterocycles. The van der Waals surface area contributed by atoms with Crippen molar-refractivity contribution in [2.45, 2.75) is 25.0 Å². The number of nitrogens with zero attached hydrogens (tertiary/aromatic N) is 2. The fourth-order valence-electron chi connectivity index (χ4n) is 2.24. The molecule has 0 saturated carbocycles. The number of piperidine rings is 1. The second kappa shape index (κ2) is 7.20. The third kappa shape index (κ3) is 4.00. The van der Waals surface area contributed by atoms with Crippen LogP contribution >= 0.6 is 11.8 Å². The van der Waals surface area contributed by atoms with Crippen LogP contribution in [0.5, 0.6) is 0 Å². The van der Waals surface area contributed by atoms with Crippen LogP contribution in [-0.2, 0) is 10.5 Å². The monoisotopic (exact) mass is 274 g/mol. The van der Waals surface area contributed by atoms with Gasteiger partial charge in [-0.1, -0.05) is 18.2 Å². The molecule has 1 aromatic carbocycles. The summed E-state index contributed by atoms with van der Waals surface area (Å²) >= 11 is 1.60. The molecule has 1 heterocycles. The van der Waals surface area contributed by atoms with Crippen LogP contribution in [0, 0.1) is 11.3 Å². The van der Waals surface area contributed by atoms with Crippen molar-refractivity contribution in [2.75, 3.05) is 18.8 Å². The molecule has 0 spiro atoms. The van der Waals surface area contributed by atoms with Crippen molar-refractivity contribution in [3.63, 3.8) is 0 Å². The standard InChI is InChI=1S/C15H18N2OS/c16-10-13-6-2-3-7-14(13)11-19-12-15(18)17-8-4-1-5-9-17/h2-3,6-7H,1,4-5,8-9,11-12H2. The molecule has 1 aliphatic rings. The number of likely N-dealkylation sites (tertiary alicyclic amines) is 1. The van der Waals surface area contributed by atoms with Crippen molar-refractivity contribution < 1.29 is 4.79 Å². The Labute approximate surface area is 118 Å². The fraction of sp³-hybridized carbons (Fsp3) is 0.467. The number of carbonyl (C=O) groups excluding carboxylic acids is 1. The molecule has 1 aromatic rings. The highest BCUT2D eigenvalue weighted by atomic mass is 32.2. The number of carbonyl (C=O) groups is 1. The zero-order chi connectivity index (χ0) is 13.5. The lowest BCUT2D eigenvalue weighted by Gasteiger charge is -2.26. The Kier molecular flexibility index (Phi) is 5.29. The zero-order valence-electron chi connectivity index (χ0n) is 11.0. The summed E-state index contributed by atoms with van der Waals surface area (Å²) in [5.41, 5.74) is 1.72. The van der Waals surface area contributed by atoms with E-state index >= 15 is 0 Å². The first kappa shape index (κ1) is 14.0. The van der Waals surface area contributed by atoms with Crippen LogP contribution in [-0.4, -0.2) is 29.6 Å². The molecule has 1 amide bonds. The van der Waals surface area contributed by atoms with E-state index in [0.717, 1.165) is 37.2 Å². The van der Waals surface area contributed by atoms with E-state index < -0.39 is 0 Å². The van der Waals surface area contributed by atoms with Crippen molar-refractivity contribution in [1.82, 2.24) is 4.90 Å². The van der Waals surface area contributed by atoms with Gasteiger partial charge in [-0.25, -0.2) is 0 Å². The average molecular weight is 274 g/mol. The minimum absolute atomic E-state index is 0.235. The summed E-state index contributed by atoms with van der Waals surface area (Å²) in [6.07, 6.45) is 3.51. The Morgan fingerprint density at radius 2 is 2.00 bits per heavy atom. The molecule has 0 atom stereocenters. The average Bonchev–Trinajstić information content (AvgIpc) is 2.48. The summed E-state index contributed by atoms with van der Waals surface area (Å²) in [6.45, 7) is 1.82. The van der Waals surface area contributed by atoms with Gasteiger partial charge in [-0.15, -0.1) is 11.8 Å². The molecule has 0 unspecified atom stereocenters. The van der Waals surface area contributed by atoms with Crippen LogP contribution in [0.15, 0.2) is 24.3 Å². The molecular weight excluding hydrogens is 256 g/mol. The van der Waals surface area contributed by atoms with Crippen LogP contribution < -0.4 is 0 Å². The minimum Gasteiger partial charge on any atom is -0.342 e. The summed E-state index contributed by atoms with van der Waals surface area (Å²) in [7, 11) is 0. The molecule has 4 heteroatoms. The van der Waals surface area contributed by atoms with Crippen LogP contribution in [0.3, 0.4) is 0 Å². The van der Waals surface area contributed by atoms with E-state index in [1.165, 1.54) is 6.42 Å². The first-order chi connectivity index (χ1) is 9.31. The molecule has 0 bridgehead atoms. The summed E-state index contributed by atoms with van der Waals surface area (Å²) in [5.74, 6) is 1.47. The molecule has 1 saturated heterocycles. The number of nitriles is 1. The molecule has 0 radical (unpaired) electrons.